The van der Waals surface area contributed by atoms with Gasteiger partial charge in [0.25, 0.3) is 11.8 Å². The molecule has 3 aromatic rings. The molecule has 0 unspecified atom stereocenters. The van der Waals surface area contributed by atoms with E-state index < -0.39 is 0 Å². The molecule has 3 rings (SSSR count). The van der Waals surface area contributed by atoms with E-state index in [0.717, 1.165) is 23.5 Å². The SMILES string of the molecule is COc1ccc(C(=O)N/C(=C\c2cccs2)C(=O)NCCCc2ccc(OC(C)C)cc2)cc1. The van der Waals surface area contributed by atoms with E-state index in [-0.39, 0.29) is 23.6 Å². The van der Waals surface area contributed by atoms with E-state index in [0.29, 0.717) is 17.9 Å². The fraction of sp³-hybridized carbons (Fsp3) is 0.259. The minimum absolute atomic E-state index is 0.141. The zero-order chi connectivity index (χ0) is 24.3. The van der Waals surface area contributed by atoms with E-state index >= 15 is 0 Å². The largest absolute Gasteiger partial charge is 0.497 e. The van der Waals surface area contributed by atoms with Gasteiger partial charge in [-0.25, -0.2) is 0 Å². The van der Waals surface area contributed by atoms with Crippen LogP contribution >= 0.6 is 11.3 Å². The predicted molar refractivity (Wildman–Crippen MR) is 136 cm³/mol. The van der Waals surface area contributed by atoms with E-state index in [1.54, 1.807) is 37.5 Å². The summed E-state index contributed by atoms with van der Waals surface area (Å²) in [5.74, 6) is 0.828. The quantitative estimate of drug-likeness (QED) is 0.298. The molecule has 0 bridgehead atoms. The van der Waals surface area contributed by atoms with E-state index in [2.05, 4.69) is 10.6 Å². The van der Waals surface area contributed by atoms with Gasteiger partial charge in [-0.1, -0.05) is 18.2 Å². The first-order valence-corrected chi connectivity index (χ1v) is 12.1. The van der Waals surface area contributed by atoms with Crippen LogP contribution in [0.2, 0.25) is 0 Å². The van der Waals surface area contributed by atoms with Crippen LogP contribution in [0.25, 0.3) is 6.08 Å². The van der Waals surface area contributed by atoms with E-state index in [9.17, 15) is 9.59 Å². The summed E-state index contributed by atoms with van der Waals surface area (Å²) in [5.41, 5.74) is 1.82. The maximum absolute atomic E-state index is 12.9. The smallest absolute Gasteiger partial charge is 0.267 e. The molecule has 6 nitrogen and oxygen atoms in total. The molecule has 2 N–H and O–H groups in total. The van der Waals surface area contributed by atoms with Gasteiger partial charge in [-0.2, -0.15) is 0 Å². The number of carbonyl (C=O) groups excluding carboxylic acids is 2. The van der Waals surface area contributed by atoms with E-state index in [1.165, 1.54) is 16.9 Å². The highest BCUT2D eigenvalue weighted by molar-refractivity contribution is 7.10. The van der Waals surface area contributed by atoms with Crippen molar-refractivity contribution >= 4 is 29.2 Å². The van der Waals surface area contributed by atoms with Crippen LogP contribution in [-0.2, 0) is 11.2 Å². The molecule has 0 saturated carbocycles. The van der Waals surface area contributed by atoms with Gasteiger partial charge < -0.3 is 20.1 Å². The lowest BCUT2D eigenvalue weighted by Gasteiger charge is -2.12. The number of rotatable bonds is 11. The molecule has 0 spiro atoms. The summed E-state index contributed by atoms with van der Waals surface area (Å²) in [6, 6.07) is 18.5. The molecule has 1 aromatic heterocycles. The Hall–Kier alpha value is -3.58. The van der Waals surface area contributed by atoms with Gasteiger partial charge in [0.15, 0.2) is 0 Å². The Morgan fingerprint density at radius 1 is 1.00 bits per heavy atom. The first-order chi connectivity index (χ1) is 16.4. The molecule has 0 fully saturated rings. The molecule has 2 amide bonds. The van der Waals surface area contributed by atoms with E-state index in [1.807, 2.05) is 55.6 Å². The third-order valence-corrected chi connectivity index (χ3v) is 5.72. The Morgan fingerprint density at radius 3 is 2.32 bits per heavy atom. The molecule has 7 heteroatoms. The fourth-order valence-corrected chi connectivity index (χ4v) is 3.86. The van der Waals surface area contributed by atoms with Gasteiger partial charge in [0.2, 0.25) is 0 Å². The number of thiophene rings is 1. The lowest BCUT2D eigenvalue weighted by Crippen LogP contribution is -2.35. The number of ether oxygens (including phenoxy) is 2. The van der Waals surface area contributed by atoms with Crippen molar-refractivity contribution in [3.05, 3.63) is 87.7 Å². The zero-order valence-electron chi connectivity index (χ0n) is 19.7. The van der Waals surface area contributed by atoms with Crippen LogP contribution in [-0.4, -0.2) is 31.6 Å². The van der Waals surface area contributed by atoms with Crippen LogP contribution in [0.4, 0.5) is 0 Å². The highest BCUT2D eigenvalue weighted by atomic mass is 32.1. The second-order valence-electron chi connectivity index (χ2n) is 7.93. The van der Waals surface area contributed by atoms with Gasteiger partial charge >= 0.3 is 0 Å². The summed E-state index contributed by atoms with van der Waals surface area (Å²) in [6.45, 7) is 4.48. The normalized spacial score (nSPS) is 11.2. The molecular weight excluding hydrogens is 448 g/mol. The third kappa shape index (κ3) is 7.78. The molecule has 0 atom stereocenters. The lowest BCUT2D eigenvalue weighted by molar-refractivity contribution is -0.117. The maximum Gasteiger partial charge on any atom is 0.267 e. The van der Waals surface area contributed by atoms with Gasteiger partial charge in [-0.3, -0.25) is 9.59 Å². The van der Waals surface area contributed by atoms with E-state index in [4.69, 9.17) is 9.47 Å². The lowest BCUT2D eigenvalue weighted by atomic mass is 10.1. The highest BCUT2D eigenvalue weighted by Crippen LogP contribution is 2.16. The van der Waals surface area contributed by atoms with Crippen LogP contribution < -0.4 is 20.1 Å². The van der Waals surface area contributed by atoms with Crippen LogP contribution in [0, 0.1) is 0 Å². The Labute approximate surface area is 204 Å². The van der Waals surface area contributed by atoms with Gasteiger partial charge in [0, 0.05) is 17.0 Å². The number of carbonyl (C=O) groups is 2. The number of nitrogens with one attached hydrogen (secondary N) is 2. The van der Waals surface area contributed by atoms with Crippen LogP contribution in [0.15, 0.2) is 71.7 Å². The van der Waals surface area contributed by atoms with Gasteiger partial charge in [0.05, 0.1) is 13.2 Å². The topological polar surface area (TPSA) is 76.7 Å². The summed E-state index contributed by atoms with van der Waals surface area (Å²) in [6.07, 6.45) is 3.43. The van der Waals surface area contributed by atoms with Gasteiger partial charge in [-0.05, 0) is 86.2 Å². The van der Waals surface area contributed by atoms with Crippen molar-refractivity contribution in [3.63, 3.8) is 0 Å². The molecule has 0 aliphatic carbocycles. The minimum atomic E-state index is -0.357. The third-order valence-electron chi connectivity index (χ3n) is 4.90. The summed E-state index contributed by atoms with van der Waals surface area (Å²) in [7, 11) is 1.57. The summed E-state index contributed by atoms with van der Waals surface area (Å²) >= 11 is 1.49. The van der Waals surface area contributed by atoms with Crippen LogP contribution in [0.5, 0.6) is 11.5 Å². The number of benzene rings is 2. The Morgan fingerprint density at radius 2 is 1.71 bits per heavy atom. The average Bonchev–Trinajstić information content (AvgIpc) is 3.35. The van der Waals surface area contributed by atoms with Gasteiger partial charge in [0.1, 0.15) is 17.2 Å². The Kier molecular flexibility index (Phi) is 9.29. The van der Waals surface area contributed by atoms with Crippen molar-refractivity contribution in [1.29, 1.82) is 0 Å². The molecule has 0 saturated heterocycles. The van der Waals surface area contributed by atoms with Crippen molar-refractivity contribution in [1.82, 2.24) is 10.6 Å². The van der Waals surface area contributed by atoms with Crippen molar-refractivity contribution in [2.75, 3.05) is 13.7 Å². The standard InChI is InChI=1S/C27H30N2O4S/c1-19(2)33-23-12-8-20(9-13-23)6-4-16-28-27(31)25(18-24-7-5-17-34-24)29-26(30)21-10-14-22(32-3)15-11-21/h5,7-15,17-19H,4,6,16H2,1-3H3,(H,28,31)(H,29,30)/b25-18-. The predicted octanol–water partition coefficient (Wildman–Crippen LogP) is 5.06. The number of hydrogen-bond donors (Lipinski definition) is 2. The van der Waals surface area contributed by atoms with Crippen LogP contribution in [0.3, 0.4) is 0 Å². The maximum atomic E-state index is 12.9. The monoisotopic (exact) mass is 478 g/mol. The molecular formula is C27H30N2O4S. The van der Waals surface area contributed by atoms with Crippen molar-refractivity contribution in [3.8, 4) is 11.5 Å². The highest BCUT2D eigenvalue weighted by Gasteiger charge is 2.15. The minimum Gasteiger partial charge on any atom is -0.497 e. The van der Waals surface area contributed by atoms with Crippen molar-refractivity contribution < 1.29 is 19.1 Å². The molecule has 178 valence electrons. The van der Waals surface area contributed by atoms with Gasteiger partial charge in [-0.15, -0.1) is 11.3 Å². The molecule has 1 heterocycles. The fourth-order valence-electron chi connectivity index (χ4n) is 3.21. The van der Waals surface area contributed by atoms with Crippen LogP contribution in [0.1, 0.15) is 41.1 Å². The Balaban J connectivity index is 1.57. The summed E-state index contributed by atoms with van der Waals surface area (Å²) in [5, 5.41) is 7.59. The molecule has 34 heavy (non-hydrogen) atoms. The second-order valence-corrected chi connectivity index (χ2v) is 8.91. The number of hydrogen-bond acceptors (Lipinski definition) is 5. The van der Waals surface area contributed by atoms with Crippen molar-refractivity contribution in [2.45, 2.75) is 32.8 Å². The molecule has 2 aromatic carbocycles. The summed E-state index contributed by atoms with van der Waals surface area (Å²) < 4.78 is 10.8. The molecule has 0 aliphatic rings. The first kappa shape index (κ1) is 25.1. The number of aryl methyl sites for hydroxylation is 1. The van der Waals surface area contributed by atoms with Crippen molar-refractivity contribution in [2.24, 2.45) is 0 Å². The summed E-state index contributed by atoms with van der Waals surface area (Å²) in [4.78, 5) is 26.5. The second kappa shape index (κ2) is 12.6. The number of methoxy groups -OCH3 is 1. The molecule has 0 aliphatic heterocycles. The zero-order valence-corrected chi connectivity index (χ0v) is 20.5. The Bertz CT molecular complexity index is 1090. The molecule has 0 radical (unpaired) electrons. The number of amides is 2. The average molecular weight is 479 g/mol. The first-order valence-electron chi connectivity index (χ1n) is 11.2.